The van der Waals surface area contributed by atoms with Crippen LogP contribution < -0.4 is 5.32 Å². The van der Waals surface area contributed by atoms with Gasteiger partial charge in [0.15, 0.2) is 0 Å². The zero-order valence-electron chi connectivity index (χ0n) is 9.50. The topological polar surface area (TPSA) is 35.5 Å². The van der Waals surface area contributed by atoms with Crippen LogP contribution >= 0.6 is 0 Å². The highest BCUT2D eigenvalue weighted by Crippen LogP contribution is 2.12. The van der Waals surface area contributed by atoms with Crippen LogP contribution in [0.15, 0.2) is 0 Å². The second-order valence-electron chi connectivity index (χ2n) is 4.61. The van der Waals surface area contributed by atoms with E-state index in [1.165, 1.54) is 6.42 Å². The lowest BCUT2D eigenvalue weighted by molar-refractivity contribution is 0.113. The number of aliphatic hydroxyl groups excluding tert-OH is 1. The molecule has 3 heteroatoms. The Hall–Kier alpha value is -0.120. The summed E-state index contributed by atoms with van der Waals surface area (Å²) in [6.45, 7) is 9.14. The minimum absolute atomic E-state index is 0.304. The largest absolute Gasteiger partial charge is 0.395 e. The normalized spacial score (nSPS) is 22.3. The molecule has 1 unspecified atom stereocenters. The quantitative estimate of drug-likeness (QED) is 0.701. The third kappa shape index (κ3) is 3.95. The van der Waals surface area contributed by atoms with Crippen LogP contribution in [-0.2, 0) is 0 Å². The molecule has 1 aliphatic heterocycles. The highest BCUT2D eigenvalue weighted by Gasteiger charge is 2.19. The van der Waals surface area contributed by atoms with Gasteiger partial charge in [-0.15, -0.1) is 0 Å². The molecule has 0 aromatic heterocycles. The van der Waals surface area contributed by atoms with Crippen LogP contribution in [0.2, 0.25) is 0 Å². The average Bonchev–Trinajstić information content (AvgIpc) is 2.41. The molecule has 0 aromatic rings. The lowest BCUT2D eigenvalue weighted by Crippen LogP contribution is -2.41. The van der Waals surface area contributed by atoms with Gasteiger partial charge in [0.25, 0.3) is 0 Å². The zero-order chi connectivity index (χ0) is 10.4. The van der Waals surface area contributed by atoms with Crippen molar-refractivity contribution in [3.63, 3.8) is 0 Å². The Morgan fingerprint density at radius 3 is 2.71 bits per heavy atom. The summed E-state index contributed by atoms with van der Waals surface area (Å²) in [7, 11) is 0. The van der Waals surface area contributed by atoms with Crippen LogP contribution in [0.5, 0.6) is 0 Å². The van der Waals surface area contributed by atoms with E-state index in [9.17, 15) is 5.11 Å². The van der Waals surface area contributed by atoms with Gasteiger partial charge in [0.2, 0.25) is 0 Å². The molecule has 1 heterocycles. The fourth-order valence-electron chi connectivity index (χ4n) is 2.11. The lowest BCUT2D eigenvalue weighted by atomic mass is 10.0. The number of hydrogen-bond donors (Lipinski definition) is 2. The third-order valence-corrected chi connectivity index (χ3v) is 2.85. The summed E-state index contributed by atoms with van der Waals surface area (Å²) in [6.07, 6.45) is 2.31. The maximum atomic E-state index is 9.36. The zero-order valence-corrected chi connectivity index (χ0v) is 9.50. The van der Waals surface area contributed by atoms with Crippen LogP contribution in [0.1, 0.15) is 26.7 Å². The molecule has 84 valence electrons. The fourth-order valence-corrected chi connectivity index (χ4v) is 2.11. The predicted molar refractivity (Wildman–Crippen MR) is 59.4 cm³/mol. The molecule has 1 saturated heterocycles. The molecule has 1 fully saturated rings. The van der Waals surface area contributed by atoms with Crippen molar-refractivity contribution in [2.45, 2.75) is 32.7 Å². The fraction of sp³-hybridized carbons (Fsp3) is 1.00. The summed E-state index contributed by atoms with van der Waals surface area (Å²) >= 11 is 0. The van der Waals surface area contributed by atoms with Gasteiger partial charge in [-0.05, 0) is 31.8 Å². The molecular weight excluding hydrogens is 176 g/mol. The van der Waals surface area contributed by atoms with Crippen LogP contribution in [0, 0.1) is 5.92 Å². The highest BCUT2D eigenvalue weighted by atomic mass is 16.3. The smallest absolute Gasteiger partial charge is 0.0586 e. The van der Waals surface area contributed by atoms with Crippen LogP contribution in [-0.4, -0.2) is 48.8 Å². The lowest BCUT2D eigenvalue weighted by Gasteiger charge is -2.30. The summed E-state index contributed by atoms with van der Waals surface area (Å²) in [5.41, 5.74) is 0. The Kier molecular flexibility index (Phi) is 5.45. The van der Waals surface area contributed by atoms with Crippen molar-refractivity contribution < 1.29 is 5.11 Å². The molecule has 1 aliphatic rings. The molecule has 2 N–H and O–H groups in total. The maximum absolute atomic E-state index is 9.36. The van der Waals surface area contributed by atoms with Gasteiger partial charge in [-0.1, -0.05) is 13.8 Å². The highest BCUT2D eigenvalue weighted by molar-refractivity contribution is 4.75. The van der Waals surface area contributed by atoms with Gasteiger partial charge in [-0.25, -0.2) is 0 Å². The van der Waals surface area contributed by atoms with Gasteiger partial charge in [-0.3, -0.25) is 4.90 Å². The maximum Gasteiger partial charge on any atom is 0.0586 e. The molecular formula is C11H24N2O. The van der Waals surface area contributed by atoms with Gasteiger partial charge in [0, 0.05) is 19.1 Å². The molecule has 14 heavy (non-hydrogen) atoms. The molecule has 1 rings (SSSR count). The van der Waals surface area contributed by atoms with Crippen LogP contribution in [0.3, 0.4) is 0 Å². The Morgan fingerprint density at radius 1 is 1.29 bits per heavy atom. The molecule has 0 amide bonds. The number of nitrogens with zero attached hydrogens (tertiary/aromatic N) is 1. The Labute approximate surface area is 87.5 Å². The Morgan fingerprint density at radius 2 is 2.07 bits per heavy atom. The van der Waals surface area contributed by atoms with Crippen molar-refractivity contribution in [1.29, 1.82) is 0 Å². The first-order chi connectivity index (χ1) is 6.74. The molecule has 0 bridgehead atoms. The summed E-state index contributed by atoms with van der Waals surface area (Å²) in [5, 5.41) is 12.7. The summed E-state index contributed by atoms with van der Waals surface area (Å²) < 4.78 is 0. The number of hydrogen-bond acceptors (Lipinski definition) is 3. The molecule has 0 radical (unpaired) electrons. The summed E-state index contributed by atoms with van der Waals surface area (Å²) in [4.78, 5) is 2.43. The van der Waals surface area contributed by atoms with E-state index in [1.54, 1.807) is 0 Å². The minimum atomic E-state index is 0.304. The molecule has 0 aromatic carbocycles. The average molecular weight is 200 g/mol. The van der Waals surface area contributed by atoms with Gasteiger partial charge >= 0.3 is 0 Å². The predicted octanol–water partition coefficient (Wildman–Crippen LogP) is 0.689. The molecule has 0 saturated carbocycles. The van der Waals surface area contributed by atoms with E-state index in [0.717, 1.165) is 32.6 Å². The Balaban J connectivity index is 2.40. The third-order valence-electron chi connectivity index (χ3n) is 2.85. The van der Waals surface area contributed by atoms with Crippen molar-refractivity contribution in [2.24, 2.45) is 5.92 Å². The number of aliphatic hydroxyl groups is 1. The second kappa shape index (κ2) is 6.38. The van der Waals surface area contributed by atoms with E-state index in [-0.39, 0.29) is 0 Å². The van der Waals surface area contributed by atoms with Crippen LogP contribution in [0.25, 0.3) is 0 Å². The molecule has 0 aliphatic carbocycles. The van der Waals surface area contributed by atoms with Gasteiger partial charge in [0.05, 0.1) is 6.61 Å². The summed E-state index contributed by atoms with van der Waals surface area (Å²) in [5.74, 6) is 0.670. The number of rotatable bonds is 4. The first kappa shape index (κ1) is 12.0. The Bertz CT molecular complexity index is 142. The van der Waals surface area contributed by atoms with E-state index in [0.29, 0.717) is 18.6 Å². The molecule has 0 spiro atoms. The molecule has 1 atom stereocenters. The van der Waals surface area contributed by atoms with E-state index in [2.05, 4.69) is 24.1 Å². The van der Waals surface area contributed by atoms with E-state index < -0.39 is 0 Å². The van der Waals surface area contributed by atoms with Crippen molar-refractivity contribution in [3.8, 4) is 0 Å². The van der Waals surface area contributed by atoms with Crippen molar-refractivity contribution in [3.05, 3.63) is 0 Å². The standard InChI is InChI=1S/C11H24N2O/c1-10(2)8-11(9-14)13-6-3-4-12-5-7-13/h10-12,14H,3-9H2,1-2H3. The molecule has 3 nitrogen and oxygen atoms in total. The summed E-state index contributed by atoms with van der Waals surface area (Å²) in [6, 6.07) is 0.370. The van der Waals surface area contributed by atoms with Gasteiger partial charge < -0.3 is 10.4 Å². The SMILES string of the molecule is CC(C)CC(CO)N1CCCNCC1. The minimum Gasteiger partial charge on any atom is -0.395 e. The monoisotopic (exact) mass is 200 g/mol. The van der Waals surface area contributed by atoms with Crippen molar-refractivity contribution >= 4 is 0 Å². The second-order valence-corrected chi connectivity index (χ2v) is 4.61. The van der Waals surface area contributed by atoms with Crippen LogP contribution in [0.4, 0.5) is 0 Å². The first-order valence-corrected chi connectivity index (χ1v) is 5.79. The van der Waals surface area contributed by atoms with Gasteiger partial charge in [-0.2, -0.15) is 0 Å². The van der Waals surface area contributed by atoms with Gasteiger partial charge in [0.1, 0.15) is 0 Å². The first-order valence-electron chi connectivity index (χ1n) is 5.79. The van der Waals surface area contributed by atoms with E-state index >= 15 is 0 Å². The van der Waals surface area contributed by atoms with E-state index in [1.807, 2.05) is 0 Å². The van der Waals surface area contributed by atoms with Crippen molar-refractivity contribution in [1.82, 2.24) is 10.2 Å². The van der Waals surface area contributed by atoms with Crippen molar-refractivity contribution in [2.75, 3.05) is 32.8 Å². The van der Waals surface area contributed by atoms with E-state index in [4.69, 9.17) is 0 Å². The number of nitrogens with one attached hydrogen (secondary N) is 1.